The first-order valence-corrected chi connectivity index (χ1v) is 12.3. The summed E-state index contributed by atoms with van der Waals surface area (Å²) in [6.07, 6.45) is 7.77. The smallest absolute Gasteiger partial charge is 0.320 e. The van der Waals surface area contributed by atoms with Gasteiger partial charge in [-0.15, -0.1) is 11.6 Å². The van der Waals surface area contributed by atoms with Crippen LogP contribution in [0, 0.1) is 20.8 Å². The number of aryl methyl sites for hydroxylation is 4. The average molecular weight is 443 g/mol. The molecule has 170 valence electrons. The lowest BCUT2D eigenvalue weighted by atomic mass is 10.0. The van der Waals surface area contributed by atoms with Gasteiger partial charge in [0.2, 0.25) is 0 Å². The molecule has 0 saturated heterocycles. The third-order valence-electron chi connectivity index (χ3n) is 5.90. The largest absolute Gasteiger partial charge is 0.322 e. The number of urea groups is 1. The van der Waals surface area contributed by atoms with Gasteiger partial charge in [0, 0.05) is 24.7 Å². The van der Waals surface area contributed by atoms with E-state index in [1.54, 1.807) is 0 Å². The maximum Gasteiger partial charge on any atom is 0.322 e. The Hall–Kier alpha value is -2.00. The van der Waals surface area contributed by atoms with Crippen molar-refractivity contribution < 1.29 is 4.79 Å². The number of nitrogens with zero attached hydrogens (tertiary/aromatic N) is 1. The van der Waals surface area contributed by atoms with Gasteiger partial charge in [-0.05, 0) is 80.3 Å². The van der Waals surface area contributed by atoms with Gasteiger partial charge in [-0.25, -0.2) is 4.79 Å². The minimum Gasteiger partial charge on any atom is -0.320 e. The van der Waals surface area contributed by atoms with Crippen molar-refractivity contribution in [2.75, 3.05) is 17.7 Å². The van der Waals surface area contributed by atoms with Crippen LogP contribution in [-0.2, 0) is 13.0 Å². The molecule has 1 N–H and O–H groups in total. The summed E-state index contributed by atoms with van der Waals surface area (Å²) in [6, 6.07) is 12.9. The van der Waals surface area contributed by atoms with Gasteiger partial charge in [-0.1, -0.05) is 56.5 Å². The fourth-order valence-electron chi connectivity index (χ4n) is 3.71. The summed E-state index contributed by atoms with van der Waals surface area (Å²) >= 11 is 5.80. The molecule has 0 heterocycles. The molecule has 4 heteroatoms. The van der Waals surface area contributed by atoms with Gasteiger partial charge >= 0.3 is 6.03 Å². The highest BCUT2D eigenvalue weighted by molar-refractivity contribution is 6.17. The van der Waals surface area contributed by atoms with E-state index in [1.807, 2.05) is 11.8 Å². The molecule has 0 spiro atoms. The highest BCUT2D eigenvalue weighted by atomic mass is 35.5. The number of halogens is 1. The van der Waals surface area contributed by atoms with Crippen LogP contribution >= 0.6 is 11.6 Å². The van der Waals surface area contributed by atoms with Crippen LogP contribution in [0.3, 0.4) is 0 Å². The second-order valence-corrected chi connectivity index (χ2v) is 9.00. The topological polar surface area (TPSA) is 32.3 Å². The number of rotatable bonds is 12. The lowest BCUT2D eigenvalue weighted by Gasteiger charge is -2.24. The zero-order chi connectivity index (χ0) is 22.6. The van der Waals surface area contributed by atoms with E-state index in [9.17, 15) is 4.79 Å². The third kappa shape index (κ3) is 8.57. The molecule has 0 aliphatic carbocycles. The molecular formula is C27H39ClN2O. The fraction of sp³-hybridized carbons (Fsp3) is 0.519. The zero-order valence-electron chi connectivity index (χ0n) is 19.8. The number of carbonyl (C=O) groups excluding carboxylic acids is 1. The molecule has 2 rings (SSSR count). The van der Waals surface area contributed by atoms with Gasteiger partial charge < -0.3 is 10.2 Å². The zero-order valence-corrected chi connectivity index (χ0v) is 20.5. The highest BCUT2D eigenvalue weighted by Gasteiger charge is 2.15. The van der Waals surface area contributed by atoms with Crippen LogP contribution in [0.5, 0.6) is 0 Å². The highest BCUT2D eigenvalue weighted by Crippen LogP contribution is 2.21. The summed E-state index contributed by atoms with van der Waals surface area (Å²) in [5.41, 5.74) is 6.97. The number of unbranched alkanes of at least 4 members (excludes halogenated alkanes) is 4. The molecule has 0 bridgehead atoms. The summed E-state index contributed by atoms with van der Waals surface area (Å²) in [5.74, 6) is 0.709. The molecule has 0 atom stereocenters. The Labute approximate surface area is 194 Å². The second-order valence-electron chi connectivity index (χ2n) is 8.63. The molecule has 3 nitrogen and oxygen atoms in total. The van der Waals surface area contributed by atoms with E-state index >= 15 is 0 Å². The van der Waals surface area contributed by atoms with Crippen molar-refractivity contribution in [1.29, 1.82) is 0 Å². The van der Waals surface area contributed by atoms with Crippen LogP contribution in [0.15, 0.2) is 36.4 Å². The van der Waals surface area contributed by atoms with Gasteiger partial charge in [0.05, 0.1) is 0 Å². The van der Waals surface area contributed by atoms with Crippen LogP contribution in [0.4, 0.5) is 10.5 Å². The average Bonchev–Trinajstić information content (AvgIpc) is 2.75. The maximum absolute atomic E-state index is 13.2. The molecule has 0 fully saturated rings. The van der Waals surface area contributed by atoms with Gasteiger partial charge in [-0.2, -0.15) is 0 Å². The molecule has 2 aromatic carbocycles. The van der Waals surface area contributed by atoms with Gasteiger partial charge in [0.25, 0.3) is 0 Å². The molecule has 0 aromatic heterocycles. The summed E-state index contributed by atoms with van der Waals surface area (Å²) in [4.78, 5) is 15.1. The normalized spacial score (nSPS) is 10.9. The van der Waals surface area contributed by atoms with E-state index in [4.69, 9.17) is 11.6 Å². The Bertz CT molecular complexity index is 817. The van der Waals surface area contributed by atoms with Gasteiger partial charge in [0.1, 0.15) is 0 Å². The maximum atomic E-state index is 13.2. The Balaban J connectivity index is 2.07. The Morgan fingerprint density at radius 3 is 2.19 bits per heavy atom. The van der Waals surface area contributed by atoms with E-state index in [0.29, 0.717) is 12.4 Å². The number of hydrogen-bond donors (Lipinski definition) is 1. The molecule has 0 aliphatic rings. The molecular weight excluding hydrogens is 404 g/mol. The van der Waals surface area contributed by atoms with Crippen molar-refractivity contribution in [2.24, 2.45) is 0 Å². The molecule has 0 radical (unpaired) electrons. The summed E-state index contributed by atoms with van der Waals surface area (Å²) < 4.78 is 0. The third-order valence-corrected chi connectivity index (χ3v) is 6.16. The van der Waals surface area contributed by atoms with Crippen LogP contribution in [-0.4, -0.2) is 23.4 Å². The summed E-state index contributed by atoms with van der Waals surface area (Å²) in [6.45, 7) is 9.82. The SMILES string of the molecule is CCCCc1ccc(CN(CCCCCCCl)C(=O)Nc2cc(C)c(C)cc2C)cc1. The number of anilines is 1. The van der Waals surface area contributed by atoms with E-state index in [0.717, 1.165) is 49.9 Å². The van der Waals surface area contributed by atoms with Gasteiger partial charge in [0.15, 0.2) is 0 Å². The van der Waals surface area contributed by atoms with Crippen molar-refractivity contribution in [2.45, 2.75) is 79.2 Å². The lowest BCUT2D eigenvalue weighted by Crippen LogP contribution is -2.35. The number of hydrogen-bond acceptors (Lipinski definition) is 1. The molecule has 0 unspecified atom stereocenters. The number of benzene rings is 2. The van der Waals surface area contributed by atoms with E-state index in [1.165, 1.54) is 35.1 Å². The molecule has 0 aliphatic heterocycles. The van der Waals surface area contributed by atoms with Gasteiger partial charge in [-0.3, -0.25) is 0 Å². The lowest BCUT2D eigenvalue weighted by molar-refractivity contribution is 0.207. The Morgan fingerprint density at radius 1 is 0.871 bits per heavy atom. The van der Waals surface area contributed by atoms with Crippen LogP contribution < -0.4 is 5.32 Å². The predicted molar refractivity (Wildman–Crippen MR) is 134 cm³/mol. The monoisotopic (exact) mass is 442 g/mol. The quantitative estimate of drug-likeness (QED) is 0.264. The van der Waals surface area contributed by atoms with Crippen molar-refractivity contribution in [3.63, 3.8) is 0 Å². The number of nitrogens with one attached hydrogen (secondary N) is 1. The number of amides is 2. The first-order valence-electron chi connectivity index (χ1n) is 11.7. The minimum atomic E-state index is -0.0289. The van der Waals surface area contributed by atoms with E-state index in [2.05, 4.69) is 62.5 Å². The molecule has 2 amide bonds. The first-order chi connectivity index (χ1) is 14.9. The first kappa shape index (κ1) is 25.3. The van der Waals surface area contributed by atoms with Crippen molar-refractivity contribution in [3.8, 4) is 0 Å². The van der Waals surface area contributed by atoms with Crippen molar-refractivity contribution >= 4 is 23.3 Å². The van der Waals surface area contributed by atoms with E-state index < -0.39 is 0 Å². The van der Waals surface area contributed by atoms with E-state index in [-0.39, 0.29) is 6.03 Å². The van der Waals surface area contributed by atoms with Crippen molar-refractivity contribution in [1.82, 2.24) is 4.90 Å². The van der Waals surface area contributed by atoms with Crippen molar-refractivity contribution in [3.05, 3.63) is 64.2 Å². The predicted octanol–water partition coefficient (Wildman–Crippen LogP) is 7.79. The molecule has 0 saturated carbocycles. The Kier molecular flexibility index (Phi) is 10.9. The molecule has 2 aromatic rings. The summed E-state index contributed by atoms with van der Waals surface area (Å²) in [5, 5.41) is 3.16. The second kappa shape index (κ2) is 13.4. The van der Waals surface area contributed by atoms with Crippen LogP contribution in [0.2, 0.25) is 0 Å². The van der Waals surface area contributed by atoms with Crippen LogP contribution in [0.25, 0.3) is 0 Å². The number of alkyl halides is 1. The summed E-state index contributed by atoms with van der Waals surface area (Å²) in [7, 11) is 0. The Morgan fingerprint density at radius 2 is 1.52 bits per heavy atom. The molecule has 31 heavy (non-hydrogen) atoms. The fourth-order valence-corrected chi connectivity index (χ4v) is 3.89. The van der Waals surface area contributed by atoms with Crippen LogP contribution in [0.1, 0.15) is 73.3 Å². The standard InChI is InChI=1S/C27H39ClN2O/c1-5-6-11-24-12-14-25(15-13-24)20-30(17-10-8-7-9-16-28)27(31)29-26-19-22(3)21(2)18-23(26)4/h12-15,18-19H,5-11,16-17,20H2,1-4H3,(H,29,31). The number of carbonyl (C=O) groups is 1. The minimum absolute atomic E-state index is 0.0289.